The fourth-order valence-electron chi connectivity index (χ4n) is 5.27. The van der Waals surface area contributed by atoms with Crippen molar-refractivity contribution in [1.29, 1.82) is 0 Å². The summed E-state index contributed by atoms with van der Waals surface area (Å²) in [6.07, 6.45) is 2.06. The number of benzene rings is 2. The van der Waals surface area contributed by atoms with E-state index in [2.05, 4.69) is 93.3 Å². The Morgan fingerprint density at radius 3 is 2.03 bits per heavy atom. The van der Waals surface area contributed by atoms with Crippen molar-refractivity contribution in [3.63, 3.8) is 0 Å². The number of esters is 1. The van der Waals surface area contributed by atoms with Gasteiger partial charge in [-0.15, -0.1) is 0 Å². The maximum absolute atomic E-state index is 13.6. The smallest absolute Gasteiger partial charge is 0.311 e. The minimum atomic E-state index is -0.484. The lowest BCUT2D eigenvalue weighted by Gasteiger charge is -2.41. The Bertz CT molecular complexity index is 864. The summed E-state index contributed by atoms with van der Waals surface area (Å²) >= 11 is 0. The summed E-state index contributed by atoms with van der Waals surface area (Å²) in [6, 6.07) is 21.6. The summed E-state index contributed by atoms with van der Waals surface area (Å²) in [5.74, 6) is 0.117. The second-order valence-corrected chi connectivity index (χ2v) is 11.4. The molecule has 1 aliphatic rings. The van der Waals surface area contributed by atoms with E-state index in [0.717, 1.165) is 19.4 Å². The van der Waals surface area contributed by atoms with Crippen molar-refractivity contribution in [2.24, 2.45) is 17.3 Å². The number of nitrogens with zero attached hydrogens (tertiary/aromatic N) is 1. The van der Waals surface area contributed by atoms with E-state index in [1.54, 1.807) is 0 Å². The van der Waals surface area contributed by atoms with Gasteiger partial charge in [-0.1, -0.05) is 81.4 Å². The molecule has 4 atom stereocenters. The van der Waals surface area contributed by atoms with E-state index in [-0.39, 0.29) is 29.4 Å². The molecular formula is C29H41NO2. The maximum atomic E-state index is 13.6. The fourth-order valence-corrected chi connectivity index (χ4v) is 5.27. The molecule has 0 unspecified atom stereocenters. The van der Waals surface area contributed by atoms with E-state index < -0.39 is 5.60 Å². The third kappa shape index (κ3) is 6.01. The highest BCUT2D eigenvalue weighted by Crippen LogP contribution is 2.48. The van der Waals surface area contributed by atoms with Crippen molar-refractivity contribution in [1.82, 2.24) is 4.90 Å². The van der Waals surface area contributed by atoms with E-state index in [1.165, 1.54) is 11.1 Å². The van der Waals surface area contributed by atoms with Crippen LogP contribution in [0.25, 0.3) is 0 Å². The van der Waals surface area contributed by atoms with Gasteiger partial charge in [0.05, 0.1) is 5.92 Å². The molecule has 174 valence electrons. The van der Waals surface area contributed by atoms with Crippen LogP contribution in [0.3, 0.4) is 0 Å². The van der Waals surface area contributed by atoms with Crippen molar-refractivity contribution < 1.29 is 9.53 Å². The molecule has 2 aromatic rings. The quantitative estimate of drug-likeness (QED) is 0.456. The molecule has 0 heterocycles. The Balaban J connectivity index is 2.00. The molecule has 1 aliphatic carbocycles. The Labute approximate surface area is 195 Å². The van der Waals surface area contributed by atoms with Gasteiger partial charge in [-0.25, -0.2) is 0 Å². The van der Waals surface area contributed by atoms with Gasteiger partial charge in [0, 0.05) is 18.6 Å². The van der Waals surface area contributed by atoms with Crippen LogP contribution in [0, 0.1) is 17.3 Å². The highest BCUT2D eigenvalue weighted by Gasteiger charge is 2.50. The van der Waals surface area contributed by atoms with Gasteiger partial charge < -0.3 is 4.74 Å². The number of ether oxygens (including phenoxy) is 1. The summed E-state index contributed by atoms with van der Waals surface area (Å²) in [4.78, 5) is 16.1. The largest absolute Gasteiger partial charge is 0.460 e. The third-order valence-corrected chi connectivity index (χ3v) is 6.83. The monoisotopic (exact) mass is 435 g/mol. The maximum Gasteiger partial charge on any atom is 0.311 e. The average Bonchev–Trinajstić information content (AvgIpc) is 3.17. The van der Waals surface area contributed by atoms with Crippen LogP contribution in [0.1, 0.15) is 78.5 Å². The molecule has 0 bridgehead atoms. The molecule has 1 fully saturated rings. The number of rotatable bonds is 6. The van der Waals surface area contributed by atoms with E-state index in [4.69, 9.17) is 4.74 Å². The van der Waals surface area contributed by atoms with Crippen molar-refractivity contribution >= 4 is 5.97 Å². The van der Waals surface area contributed by atoms with Gasteiger partial charge in [-0.2, -0.15) is 0 Å². The minimum Gasteiger partial charge on any atom is -0.460 e. The predicted octanol–water partition coefficient (Wildman–Crippen LogP) is 7.03. The van der Waals surface area contributed by atoms with Crippen LogP contribution in [0.15, 0.2) is 60.7 Å². The van der Waals surface area contributed by atoms with Crippen LogP contribution in [0.4, 0.5) is 0 Å². The van der Waals surface area contributed by atoms with Gasteiger partial charge in [0.15, 0.2) is 0 Å². The van der Waals surface area contributed by atoms with E-state index in [0.29, 0.717) is 5.92 Å². The van der Waals surface area contributed by atoms with Crippen LogP contribution in [0.5, 0.6) is 0 Å². The number of hydrogen-bond donors (Lipinski definition) is 0. The summed E-state index contributed by atoms with van der Waals surface area (Å²) < 4.78 is 6.00. The Morgan fingerprint density at radius 2 is 1.50 bits per heavy atom. The third-order valence-electron chi connectivity index (χ3n) is 6.83. The lowest BCUT2D eigenvalue weighted by Crippen LogP contribution is -2.46. The van der Waals surface area contributed by atoms with Gasteiger partial charge in [0.25, 0.3) is 0 Å². The molecule has 0 aliphatic heterocycles. The second kappa shape index (κ2) is 9.79. The fraction of sp³-hybridized carbons (Fsp3) is 0.552. The minimum absolute atomic E-state index is 0.0433. The molecule has 1 saturated carbocycles. The number of carbonyl (C=O) groups is 1. The van der Waals surface area contributed by atoms with E-state index in [9.17, 15) is 4.79 Å². The molecule has 0 saturated heterocycles. The van der Waals surface area contributed by atoms with Crippen LogP contribution in [0.2, 0.25) is 0 Å². The molecular weight excluding hydrogens is 394 g/mol. The van der Waals surface area contributed by atoms with Gasteiger partial charge in [0.2, 0.25) is 0 Å². The summed E-state index contributed by atoms with van der Waals surface area (Å²) in [5.41, 5.74) is 2.12. The van der Waals surface area contributed by atoms with Crippen molar-refractivity contribution in [2.45, 2.75) is 85.5 Å². The van der Waals surface area contributed by atoms with E-state index in [1.807, 2.05) is 20.8 Å². The first-order valence-corrected chi connectivity index (χ1v) is 12.0. The SMILES string of the molecule is C[C@@H](c1ccccc1)N(Cc1ccccc1)[C@H]1CC[C@H](C(C)(C)C)[C@H]1C(=O)OC(C)(C)C. The molecule has 2 aromatic carbocycles. The first-order valence-electron chi connectivity index (χ1n) is 12.0. The molecule has 3 rings (SSSR count). The molecule has 0 aromatic heterocycles. The van der Waals surface area contributed by atoms with Crippen molar-refractivity contribution in [3.05, 3.63) is 71.8 Å². The van der Waals surface area contributed by atoms with Gasteiger partial charge >= 0.3 is 5.97 Å². The zero-order valence-electron chi connectivity index (χ0n) is 21.0. The molecule has 0 radical (unpaired) electrons. The average molecular weight is 436 g/mol. The zero-order chi connectivity index (χ0) is 23.5. The standard InChI is InChI=1S/C29H41NO2/c1-21(23-16-12-9-13-17-23)30(20-22-14-10-8-11-15-22)25-19-18-24(28(2,3)4)26(25)27(31)32-29(5,6)7/h8-17,21,24-26H,18-20H2,1-7H3/t21-,24-,25-,26+/m0/s1. The van der Waals surface area contributed by atoms with Gasteiger partial charge in [0.1, 0.15) is 5.60 Å². The summed E-state index contributed by atoms with van der Waals surface area (Å²) in [5, 5.41) is 0. The predicted molar refractivity (Wildman–Crippen MR) is 132 cm³/mol. The molecule has 0 spiro atoms. The Morgan fingerprint density at radius 1 is 0.938 bits per heavy atom. The molecule has 0 amide bonds. The molecule has 3 nitrogen and oxygen atoms in total. The first-order chi connectivity index (χ1) is 15.0. The lowest BCUT2D eigenvalue weighted by molar-refractivity contribution is -0.165. The normalized spacial score (nSPS) is 22.7. The Hall–Kier alpha value is -2.13. The van der Waals surface area contributed by atoms with E-state index >= 15 is 0 Å². The highest BCUT2D eigenvalue weighted by atomic mass is 16.6. The van der Waals surface area contributed by atoms with Crippen LogP contribution in [-0.2, 0) is 16.1 Å². The molecule has 3 heteroatoms. The van der Waals surface area contributed by atoms with Gasteiger partial charge in [-0.3, -0.25) is 9.69 Å². The van der Waals surface area contributed by atoms with Crippen molar-refractivity contribution in [2.75, 3.05) is 0 Å². The second-order valence-electron chi connectivity index (χ2n) is 11.4. The van der Waals surface area contributed by atoms with Crippen LogP contribution < -0.4 is 0 Å². The number of hydrogen-bond acceptors (Lipinski definition) is 3. The summed E-state index contributed by atoms with van der Waals surface area (Å²) in [6.45, 7) is 15.8. The Kier molecular flexibility index (Phi) is 7.50. The van der Waals surface area contributed by atoms with Gasteiger partial charge in [-0.05, 0) is 63.0 Å². The van der Waals surface area contributed by atoms with Crippen LogP contribution >= 0.6 is 0 Å². The first kappa shape index (κ1) is 24.5. The number of carbonyl (C=O) groups excluding carboxylic acids is 1. The molecule has 32 heavy (non-hydrogen) atoms. The topological polar surface area (TPSA) is 29.5 Å². The lowest BCUT2D eigenvalue weighted by atomic mass is 9.74. The summed E-state index contributed by atoms with van der Waals surface area (Å²) in [7, 11) is 0. The zero-order valence-corrected chi connectivity index (χ0v) is 21.0. The highest BCUT2D eigenvalue weighted by molar-refractivity contribution is 5.74. The van der Waals surface area contributed by atoms with Crippen molar-refractivity contribution in [3.8, 4) is 0 Å². The molecule has 0 N–H and O–H groups in total. The van der Waals surface area contributed by atoms with Crippen LogP contribution in [-0.4, -0.2) is 22.5 Å².